The molecule has 26 heavy (non-hydrogen) atoms. The molecular formula is C19H28FN5S. The van der Waals surface area contributed by atoms with E-state index in [1.165, 1.54) is 10.9 Å². The number of thiazole rings is 1. The zero-order valence-electron chi connectivity index (χ0n) is 16.1. The summed E-state index contributed by atoms with van der Waals surface area (Å²) in [6, 6.07) is 6.78. The van der Waals surface area contributed by atoms with Gasteiger partial charge in [0.05, 0.1) is 18.3 Å². The maximum absolute atomic E-state index is 13.6. The van der Waals surface area contributed by atoms with Crippen LogP contribution in [0.4, 0.5) is 4.39 Å². The first kappa shape index (κ1) is 20.3. The molecule has 0 aliphatic carbocycles. The van der Waals surface area contributed by atoms with Crippen LogP contribution < -0.4 is 10.6 Å². The van der Waals surface area contributed by atoms with Crippen molar-refractivity contribution in [3.05, 3.63) is 51.2 Å². The maximum atomic E-state index is 13.6. The van der Waals surface area contributed by atoms with Crippen molar-refractivity contribution in [3.8, 4) is 0 Å². The molecule has 142 valence electrons. The lowest BCUT2D eigenvalue weighted by Crippen LogP contribution is -2.41. The summed E-state index contributed by atoms with van der Waals surface area (Å²) in [5.74, 6) is 0.519. The minimum Gasteiger partial charge on any atom is -0.357 e. The fraction of sp³-hybridized carbons (Fsp3) is 0.474. The summed E-state index contributed by atoms with van der Waals surface area (Å²) in [6.45, 7) is 8.06. The molecule has 0 amide bonds. The molecule has 5 nitrogen and oxygen atoms in total. The van der Waals surface area contributed by atoms with Gasteiger partial charge in [-0.05, 0) is 52.6 Å². The molecule has 2 aromatic rings. The second kappa shape index (κ2) is 9.64. The second-order valence-electron chi connectivity index (χ2n) is 6.36. The van der Waals surface area contributed by atoms with E-state index >= 15 is 0 Å². The van der Waals surface area contributed by atoms with Crippen LogP contribution in [0.5, 0.6) is 0 Å². The SMILES string of the molecule is CCNC(=NCc1nc(C)c(C)s1)NCC(c1cccc(F)c1)N(C)C. The number of likely N-dealkylation sites (N-methyl/N-ethyl adjacent to an activating group) is 1. The summed E-state index contributed by atoms with van der Waals surface area (Å²) < 4.78 is 13.6. The van der Waals surface area contributed by atoms with E-state index in [-0.39, 0.29) is 11.9 Å². The molecule has 1 aromatic heterocycles. The highest BCUT2D eigenvalue weighted by Gasteiger charge is 2.15. The molecule has 0 radical (unpaired) electrons. The highest BCUT2D eigenvalue weighted by molar-refractivity contribution is 7.11. The van der Waals surface area contributed by atoms with Crippen molar-refractivity contribution in [1.29, 1.82) is 0 Å². The van der Waals surface area contributed by atoms with E-state index in [1.54, 1.807) is 23.5 Å². The van der Waals surface area contributed by atoms with Crippen molar-refractivity contribution < 1.29 is 4.39 Å². The van der Waals surface area contributed by atoms with Crippen LogP contribution in [0.3, 0.4) is 0 Å². The molecule has 1 atom stereocenters. The van der Waals surface area contributed by atoms with Crippen molar-refractivity contribution in [2.24, 2.45) is 4.99 Å². The van der Waals surface area contributed by atoms with Crippen LogP contribution in [0.15, 0.2) is 29.3 Å². The van der Waals surface area contributed by atoms with E-state index in [4.69, 9.17) is 0 Å². The average molecular weight is 378 g/mol. The number of nitrogens with zero attached hydrogens (tertiary/aromatic N) is 3. The van der Waals surface area contributed by atoms with Gasteiger partial charge < -0.3 is 15.5 Å². The molecule has 2 rings (SSSR count). The van der Waals surface area contributed by atoms with Crippen LogP contribution in [-0.2, 0) is 6.54 Å². The lowest BCUT2D eigenvalue weighted by molar-refractivity contribution is 0.297. The summed E-state index contributed by atoms with van der Waals surface area (Å²) in [6.07, 6.45) is 0. The molecule has 7 heteroatoms. The molecule has 0 saturated carbocycles. The first-order valence-corrected chi connectivity index (χ1v) is 9.59. The lowest BCUT2D eigenvalue weighted by atomic mass is 10.1. The quantitative estimate of drug-likeness (QED) is 0.574. The van der Waals surface area contributed by atoms with E-state index in [1.807, 2.05) is 34.0 Å². The number of benzene rings is 1. The molecule has 2 N–H and O–H groups in total. The lowest BCUT2D eigenvalue weighted by Gasteiger charge is -2.26. The molecular weight excluding hydrogens is 349 g/mol. The van der Waals surface area contributed by atoms with Crippen LogP contribution in [0.2, 0.25) is 0 Å². The van der Waals surface area contributed by atoms with Crippen molar-refractivity contribution >= 4 is 17.3 Å². The normalized spacial score (nSPS) is 13.1. The van der Waals surface area contributed by atoms with E-state index in [0.29, 0.717) is 13.1 Å². The molecule has 0 fully saturated rings. The molecule has 1 aromatic carbocycles. The Labute approximate surface area is 159 Å². The van der Waals surface area contributed by atoms with Gasteiger partial charge in [-0.2, -0.15) is 0 Å². The Kier molecular flexibility index (Phi) is 7.53. The number of aliphatic imine (C=N–C) groups is 1. The third-order valence-corrected chi connectivity index (χ3v) is 5.17. The van der Waals surface area contributed by atoms with Gasteiger partial charge in [-0.3, -0.25) is 0 Å². The van der Waals surface area contributed by atoms with Gasteiger partial charge in [0.15, 0.2) is 5.96 Å². The smallest absolute Gasteiger partial charge is 0.191 e. The van der Waals surface area contributed by atoms with Gasteiger partial charge in [-0.1, -0.05) is 12.1 Å². The minimum atomic E-state index is -0.218. The van der Waals surface area contributed by atoms with E-state index in [2.05, 4.69) is 32.4 Å². The van der Waals surface area contributed by atoms with Gasteiger partial charge in [0.25, 0.3) is 0 Å². The van der Waals surface area contributed by atoms with Crippen LogP contribution in [0.1, 0.15) is 34.1 Å². The largest absolute Gasteiger partial charge is 0.357 e. The van der Waals surface area contributed by atoms with Crippen molar-refractivity contribution in [3.63, 3.8) is 0 Å². The first-order chi connectivity index (χ1) is 12.4. The van der Waals surface area contributed by atoms with Crippen LogP contribution in [0, 0.1) is 19.7 Å². The Morgan fingerprint density at radius 1 is 1.31 bits per heavy atom. The molecule has 0 bridgehead atoms. The third-order valence-electron chi connectivity index (χ3n) is 4.11. The summed E-state index contributed by atoms with van der Waals surface area (Å²) in [4.78, 5) is 12.5. The van der Waals surface area contributed by atoms with Gasteiger partial charge in [0, 0.05) is 18.0 Å². The number of nitrogens with one attached hydrogen (secondary N) is 2. The Balaban J connectivity index is 2.06. The molecule has 0 spiro atoms. The molecule has 0 aliphatic rings. The summed E-state index contributed by atoms with van der Waals surface area (Å²) in [7, 11) is 3.98. The average Bonchev–Trinajstić information content (AvgIpc) is 2.90. The van der Waals surface area contributed by atoms with Gasteiger partial charge in [0.2, 0.25) is 0 Å². The zero-order chi connectivity index (χ0) is 19.1. The van der Waals surface area contributed by atoms with Crippen molar-refractivity contribution in [1.82, 2.24) is 20.5 Å². The standard InChI is InChI=1S/C19H28FN5S/c1-6-21-19(23-12-18-24-13(2)14(3)26-18)22-11-17(25(4)5)15-8-7-9-16(20)10-15/h7-10,17H,6,11-12H2,1-5H3,(H2,21,22,23). The predicted molar refractivity (Wildman–Crippen MR) is 107 cm³/mol. The minimum absolute atomic E-state index is 0.0407. The van der Waals surface area contributed by atoms with Crippen LogP contribution in [0.25, 0.3) is 0 Å². The number of rotatable bonds is 7. The summed E-state index contributed by atoms with van der Waals surface area (Å²) in [5, 5.41) is 7.62. The van der Waals surface area contributed by atoms with Gasteiger partial charge in [-0.15, -0.1) is 11.3 Å². The fourth-order valence-corrected chi connectivity index (χ4v) is 3.46. The summed E-state index contributed by atoms with van der Waals surface area (Å²) >= 11 is 1.68. The molecule has 0 aliphatic heterocycles. The number of guanidine groups is 1. The fourth-order valence-electron chi connectivity index (χ4n) is 2.60. The second-order valence-corrected chi connectivity index (χ2v) is 7.65. The highest BCUT2D eigenvalue weighted by atomic mass is 32.1. The van der Waals surface area contributed by atoms with E-state index < -0.39 is 0 Å². The van der Waals surface area contributed by atoms with Crippen LogP contribution >= 0.6 is 11.3 Å². The van der Waals surface area contributed by atoms with Gasteiger partial charge in [-0.25, -0.2) is 14.4 Å². The number of hydrogen-bond donors (Lipinski definition) is 2. The van der Waals surface area contributed by atoms with E-state index in [0.717, 1.165) is 28.8 Å². The zero-order valence-corrected chi connectivity index (χ0v) is 17.0. The highest BCUT2D eigenvalue weighted by Crippen LogP contribution is 2.19. The number of aryl methyl sites for hydroxylation is 2. The Morgan fingerprint density at radius 3 is 2.65 bits per heavy atom. The van der Waals surface area contributed by atoms with E-state index in [9.17, 15) is 4.39 Å². The first-order valence-electron chi connectivity index (χ1n) is 8.77. The number of aromatic nitrogens is 1. The molecule has 1 unspecified atom stereocenters. The monoisotopic (exact) mass is 377 g/mol. The summed E-state index contributed by atoms with van der Waals surface area (Å²) in [5.41, 5.74) is 2.00. The topological polar surface area (TPSA) is 52.6 Å². The van der Waals surface area contributed by atoms with Crippen molar-refractivity contribution in [2.75, 3.05) is 27.2 Å². The Morgan fingerprint density at radius 2 is 2.08 bits per heavy atom. The molecule has 0 saturated heterocycles. The maximum Gasteiger partial charge on any atom is 0.191 e. The van der Waals surface area contributed by atoms with Crippen LogP contribution in [-0.4, -0.2) is 43.0 Å². The van der Waals surface area contributed by atoms with Gasteiger partial charge >= 0.3 is 0 Å². The van der Waals surface area contributed by atoms with Gasteiger partial charge in [0.1, 0.15) is 10.8 Å². The Hall–Kier alpha value is -1.99. The van der Waals surface area contributed by atoms with Crippen molar-refractivity contribution in [2.45, 2.75) is 33.4 Å². The number of halogens is 1. The Bertz CT molecular complexity index is 722. The third kappa shape index (κ3) is 5.78. The predicted octanol–water partition coefficient (Wildman–Crippen LogP) is 3.26. The molecule has 1 heterocycles. The number of hydrogen-bond acceptors (Lipinski definition) is 4.